The van der Waals surface area contributed by atoms with Crippen molar-refractivity contribution in [2.75, 3.05) is 36.4 Å². The van der Waals surface area contributed by atoms with Crippen LogP contribution in [0, 0.1) is 0 Å². The van der Waals surface area contributed by atoms with E-state index in [0.717, 1.165) is 16.1 Å². The van der Waals surface area contributed by atoms with Crippen LogP contribution in [0.4, 0.5) is 25.8 Å². The van der Waals surface area contributed by atoms with Gasteiger partial charge in [-0.1, -0.05) is 19.3 Å². The number of hydrogen-bond acceptors (Lipinski definition) is 9. The van der Waals surface area contributed by atoms with Crippen molar-refractivity contribution in [1.29, 1.82) is 0 Å². The number of hydrogen-bond donors (Lipinski definition) is 2. The molecule has 0 atom stereocenters. The minimum absolute atomic E-state index is 0.0995. The maximum absolute atomic E-state index is 12.6. The molecular formula is C32H49N5O6S. The van der Waals surface area contributed by atoms with E-state index in [2.05, 4.69) is 26.8 Å². The minimum atomic E-state index is -0.713. The number of nitrogens with zero attached hydrogens (tertiary/aromatic N) is 3. The Balaban J connectivity index is 0.000000676. The Morgan fingerprint density at radius 2 is 1.61 bits per heavy atom. The minimum Gasteiger partial charge on any atom is -0.447 e. The summed E-state index contributed by atoms with van der Waals surface area (Å²) in [5.74, 6) is 0.556. The van der Waals surface area contributed by atoms with Crippen LogP contribution in [0.1, 0.15) is 91.5 Å². The molecule has 2 aliphatic rings. The second kappa shape index (κ2) is 16.0. The van der Waals surface area contributed by atoms with Gasteiger partial charge in [-0.05, 0) is 79.5 Å². The molecular weight excluding hydrogens is 582 g/mol. The van der Waals surface area contributed by atoms with Gasteiger partial charge in [0, 0.05) is 55.2 Å². The number of primary amides is 1. The molecule has 1 aromatic carbocycles. The number of benzene rings is 1. The third-order valence-corrected chi connectivity index (χ3v) is 8.15. The molecule has 2 aromatic rings. The Bertz CT molecular complexity index is 1240. The van der Waals surface area contributed by atoms with Gasteiger partial charge in [-0.25, -0.2) is 19.4 Å². The highest BCUT2D eigenvalue weighted by atomic mass is 32.1. The summed E-state index contributed by atoms with van der Waals surface area (Å²) in [6, 6.07) is 5.97. The standard InChI is InChI=1S/C28H40N4O4S.C4H9NO2/c1-19(2)35-26(33)30-21-11-12-22(24-18-29-25(37-24)20-9-7-6-8-10-20)23(17-21)31-13-15-32(16-14-31)27(34)36-28(3,4)5;1-3(2)7-4(5)6/h11-12,17-20H,6-10,13-16H2,1-5H3,(H,30,33);3H,1-2H3,(H2,5,6). The van der Waals surface area contributed by atoms with Crippen LogP contribution in [0.3, 0.4) is 0 Å². The Kier molecular flexibility index (Phi) is 12.7. The molecule has 2 heterocycles. The van der Waals surface area contributed by atoms with Crippen LogP contribution in [0.15, 0.2) is 24.4 Å². The highest BCUT2D eigenvalue weighted by Gasteiger charge is 2.28. The zero-order chi connectivity index (χ0) is 32.4. The first kappa shape index (κ1) is 34.9. The van der Waals surface area contributed by atoms with Gasteiger partial charge < -0.3 is 29.7 Å². The zero-order valence-electron chi connectivity index (χ0n) is 27.2. The largest absolute Gasteiger partial charge is 0.447 e. The third-order valence-electron chi connectivity index (χ3n) is 6.95. The monoisotopic (exact) mass is 631 g/mol. The molecule has 244 valence electrons. The molecule has 44 heavy (non-hydrogen) atoms. The van der Waals surface area contributed by atoms with Gasteiger partial charge >= 0.3 is 18.3 Å². The molecule has 11 nitrogen and oxygen atoms in total. The molecule has 0 unspecified atom stereocenters. The number of amides is 3. The van der Waals surface area contributed by atoms with Gasteiger partial charge in [-0.3, -0.25) is 5.32 Å². The average molecular weight is 632 g/mol. The topological polar surface area (TPSA) is 136 Å². The zero-order valence-corrected chi connectivity index (χ0v) is 28.0. The lowest BCUT2D eigenvalue weighted by Crippen LogP contribution is -2.50. The number of rotatable bonds is 6. The van der Waals surface area contributed by atoms with Crippen molar-refractivity contribution in [3.8, 4) is 10.4 Å². The van der Waals surface area contributed by atoms with Gasteiger partial charge in [-0.2, -0.15) is 0 Å². The summed E-state index contributed by atoms with van der Waals surface area (Å²) < 4.78 is 15.2. The molecule has 4 rings (SSSR count). The highest BCUT2D eigenvalue weighted by Crippen LogP contribution is 2.41. The first-order valence-corrected chi connectivity index (χ1v) is 16.3. The van der Waals surface area contributed by atoms with E-state index in [-0.39, 0.29) is 18.3 Å². The van der Waals surface area contributed by atoms with Gasteiger partial charge in [0.25, 0.3) is 0 Å². The van der Waals surface area contributed by atoms with E-state index in [0.29, 0.717) is 37.8 Å². The first-order chi connectivity index (χ1) is 20.7. The number of carbonyl (C=O) groups excluding carboxylic acids is 3. The van der Waals surface area contributed by atoms with Gasteiger partial charge in [0.2, 0.25) is 0 Å². The Morgan fingerprint density at radius 3 is 2.16 bits per heavy atom. The number of piperazine rings is 1. The van der Waals surface area contributed by atoms with E-state index in [1.807, 2.05) is 52.9 Å². The van der Waals surface area contributed by atoms with E-state index >= 15 is 0 Å². The van der Waals surface area contributed by atoms with Crippen molar-refractivity contribution in [3.05, 3.63) is 29.4 Å². The summed E-state index contributed by atoms with van der Waals surface area (Å²) in [6.45, 7) is 15.2. The first-order valence-electron chi connectivity index (χ1n) is 15.5. The van der Waals surface area contributed by atoms with Crippen LogP contribution in [0.5, 0.6) is 0 Å². The predicted molar refractivity (Wildman–Crippen MR) is 174 cm³/mol. The molecule has 1 aliphatic heterocycles. The number of ether oxygens (including phenoxy) is 3. The number of aromatic nitrogens is 1. The second-order valence-electron chi connectivity index (χ2n) is 12.6. The van der Waals surface area contributed by atoms with Crippen molar-refractivity contribution >= 4 is 41.0 Å². The number of nitrogens with one attached hydrogen (secondary N) is 1. The molecule has 3 amide bonds. The number of carbonyl (C=O) groups is 3. The molecule has 0 bridgehead atoms. The molecule has 0 radical (unpaired) electrons. The smallest absolute Gasteiger partial charge is 0.411 e. The second-order valence-corrected chi connectivity index (χ2v) is 13.7. The lowest BCUT2D eigenvalue weighted by Gasteiger charge is -2.37. The molecule has 3 N–H and O–H groups in total. The van der Waals surface area contributed by atoms with Crippen LogP contribution >= 0.6 is 11.3 Å². The van der Waals surface area contributed by atoms with Gasteiger partial charge in [-0.15, -0.1) is 11.3 Å². The molecule has 12 heteroatoms. The maximum Gasteiger partial charge on any atom is 0.411 e. The fourth-order valence-electron chi connectivity index (χ4n) is 5.08. The lowest BCUT2D eigenvalue weighted by atomic mass is 9.90. The molecule has 1 aromatic heterocycles. The van der Waals surface area contributed by atoms with Crippen molar-refractivity contribution in [2.45, 2.75) is 104 Å². The van der Waals surface area contributed by atoms with Crippen LogP contribution in [0.25, 0.3) is 10.4 Å². The van der Waals surface area contributed by atoms with E-state index in [9.17, 15) is 14.4 Å². The summed E-state index contributed by atoms with van der Waals surface area (Å²) in [7, 11) is 0. The number of thiazole rings is 1. The summed E-state index contributed by atoms with van der Waals surface area (Å²) >= 11 is 1.78. The van der Waals surface area contributed by atoms with Gasteiger partial charge in [0.1, 0.15) is 5.60 Å². The predicted octanol–water partition coefficient (Wildman–Crippen LogP) is 7.36. The van der Waals surface area contributed by atoms with Crippen LogP contribution in [0.2, 0.25) is 0 Å². The van der Waals surface area contributed by atoms with Gasteiger partial charge in [0.05, 0.1) is 22.1 Å². The van der Waals surface area contributed by atoms with E-state index < -0.39 is 17.8 Å². The third kappa shape index (κ3) is 11.2. The van der Waals surface area contributed by atoms with E-state index in [1.54, 1.807) is 30.1 Å². The molecule has 2 fully saturated rings. The van der Waals surface area contributed by atoms with Crippen molar-refractivity contribution in [2.24, 2.45) is 5.73 Å². The maximum atomic E-state index is 12.6. The average Bonchev–Trinajstić information content (AvgIpc) is 3.42. The van der Waals surface area contributed by atoms with Crippen molar-refractivity contribution < 1.29 is 28.6 Å². The quantitative estimate of drug-likeness (QED) is 0.316. The number of nitrogens with two attached hydrogens (primary N) is 1. The number of anilines is 2. The lowest BCUT2D eigenvalue weighted by molar-refractivity contribution is 0.0240. The van der Waals surface area contributed by atoms with Crippen LogP contribution < -0.4 is 16.0 Å². The Morgan fingerprint density at radius 1 is 0.977 bits per heavy atom. The summed E-state index contributed by atoms with van der Waals surface area (Å²) in [4.78, 5) is 44.6. The normalized spacial score (nSPS) is 15.8. The van der Waals surface area contributed by atoms with Crippen LogP contribution in [-0.4, -0.2) is 72.2 Å². The van der Waals surface area contributed by atoms with Crippen LogP contribution in [-0.2, 0) is 14.2 Å². The molecule has 1 aliphatic carbocycles. The van der Waals surface area contributed by atoms with E-state index in [4.69, 9.17) is 14.5 Å². The summed E-state index contributed by atoms with van der Waals surface area (Å²) in [5.41, 5.74) is 6.90. The summed E-state index contributed by atoms with van der Waals surface area (Å²) in [6.07, 6.45) is 6.54. The van der Waals surface area contributed by atoms with E-state index in [1.165, 1.54) is 37.1 Å². The fourth-order valence-corrected chi connectivity index (χ4v) is 6.20. The Labute approximate surface area is 265 Å². The molecule has 1 saturated heterocycles. The molecule has 0 spiro atoms. The highest BCUT2D eigenvalue weighted by molar-refractivity contribution is 7.15. The van der Waals surface area contributed by atoms with Crippen molar-refractivity contribution in [3.63, 3.8) is 0 Å². The SMILES string of the molecule is CC(C)OC(=O)Nc1ccc(-c2cnc(C3CCCCC3)s2)c(N2CCN(C(=O)OC(C)(C)C)CC2)c1.CC(C)OC(N)=O. The fraction of sp³-hybridized carbons (Fsp3) is 0.625. The van der Waals surface area contributed by atoms with Gasteiger partial charge in [0.15, 0.2) is 0 Å². The molecule has 1 saturated carbocycles. The van der Waals surface area contributed by atoms with Crippen molar-refractivity contribution in [1.82, 2.24) is 9.88 Å². The Hall–Kier alpha value is -3.54. The summed E-state index contributed by atoms with van der Waals surface area (Å²) in [5, 5.41) is 4.08.